The van der Waals surface area contributed by atoms with Crippen LogP contribution in [0.25, 0.3) is 0 Å². The highest BCUT2D eigenvalue weighted by molar-refractivity contribution is 7.89. The van der Waals surface area contributed by atoms with Crippen molar-refractivity contribution < 1.29 is 13.2 Å². The topological polar surface area (TPSA) is 66.5 Å². The zero-order valence-corrected chi connectivity index (χ0v) is 14.8. The summed E-state index contributed by atoms with van der Waals surface area (Å²) in [6.45, 7) is 10.8. The molecule has 0 aliphatic rings. The second-order valence-corrected chi connectivity index (χ2v) is 7.93. The average molecular weight is 326 g/mol. The molecule has 0 saturated carbocycles. The summed E-state index contributed by atoms with van der Waals surface area (Å²) in [7, 11) is -3.67. The number of hydrogen-bond acceptors (Lipinski definition) is 3. The molecule has 0 radical (unpaired) electrons. The lowest BCUT2D eigenvalue weighted by atomic mass is 9.87. The van der Waals surface area contributed by atoms with Gasteiger partial charge in [-0.05, 0) is 37.0 Å². The van der Waals surface area contributed by atoms with E-state index >= 15 is 0 Å². The number of rotatable bonds is 6. The maximum Gasteiger partial charge on any atom is 0.241 e. The molecule has 0 heterocycles. The van der Waals surface area contributed by atoms with Crippen molar-refractivity contribution in [1.82, 2.24) is 9.62 Å². The number of carbonyl (C=O) groups is 1. The van der Waals surface area contributed by atoms with Gasteiger partial charge in [-0.25, -0.2) is 13.1 Å². The van der Waals surface area contributed by atoms with Gasteiger partial charge >= 0.3 is 0 Å². The first kappa shape index (κ1) is 18.6. The van der Waals surface area contributed by atoms with E-state index in [-0.39, 0.29) is 22.8 Å². The minimum atomic E-state index is -3.67. The van der Waals surface area contributed by atoms with Crippen LogP contribution >= 0.6 is 0 Å². The SMILES string of the molecule is CCN(CC)C(=O)CNS(=O)(=O)c1ccc(C(C)(C)C)cc1. The van der Waals surface area contributed by atoms with Crippen molar-refractivity contribution in [2.24, 2.45) is 0 Å². The molecule has 0 aromatic heterocycles. The summed E-state index contributed by atoms with van der Waals surface area (Å²) in [5, 5.41) is 0. The third-order valence-corrected chi connectivity index (χ3v) is 4.98. The maximum atomic E-state index is 12.2. The molecule has 0 saturated heterocycles. The van der Waals surface area contributed by atoms with Crippen molar-refractivity contribution in [2.75, 3.05) is 19.6 Å². The number of benzene rings is 1. The fourth-order valence-corrected chi connectivity index (χ4v) is 3.04. The molecule has 0 fully saturated rings. The van der Waals surface area contributed by atoms with Crippen molar-refractivity contribution in [3.8, 4) is 0 Å². The van der Waals surface area contributed by atoms with Crippen LogP contribution in [0.3, 0.4) is 0 Å². The Labute approximate surface area is 133 Å². The Hall–Kier alpha value is -1.40. The highest BCUT2D eigenvalue weighted by Gasteiger charge is 2.19. The lowest BCUT2D eigenvalue weighted by Gasteiger charge is -2.20. The van der Waals surface area contributed by atoms with Gasteiger partial charge in [0.15, 0.2) is 0 Å². The van der Waals surface area contributed by atoms with Crippen LogP contribution in [-0.2, 0) is 20.2 Å². The fourth-order valence-electron chi connectivity index (χ4n) is 2.06. The zero-order valence-electron chi connectivity index (χ0n) is 14.0. The maximum absolute atomic E-state index is 12.2. The number of hydrogen-bond donors (Lipinski definition) is 1. The summed E-state index contributed by atoms with van der Waals surface area (Å²) in [4.78, 5) is 13.6. The molecule has 1 aromatic carbocycles. The lowest BCUT2D eigenvalue weighted by Crippen LogP contribution is -2.39. The molecule has 1 N–H and O–H groups in total. The molecule has 0 aliphatic carbocycles. The van der Waals surface area contributed by atoms with Gasteiger partial charge in [0.25, 0.3) is 0 Å². The summed E-state index contributed by atoms with van der Waals surface area (Å²) < 4.78 is 26.8. The van der Waals surface area contributed by atoms with E-state index in [0.717, 1.165) is 5.56 Å². The lowest BCUT2D eigenvalue weighted by molar-refractivity contribution is -0.129. The van der Waals surface area contributed by atoms with E-state index < -0.39 is 10.0 Å². The van der Waals surface area contributed by atoms with Crippen LogP contribution in [0.5, 0.6) is 0 Å². The zero-order chi connectivity index (χ0) is 17.0. The van der Waals surface area contributed by atoms with Crippen LogP contribution in [0.2, 0.25) is 0 Å². The van der Waals surface area contributed by atoms with Crippen molar-refractivity contribution in [3.05, 3.63) is 29.8 Å². The number of nitrogens with zero attached hydrogens (tertiary/aromatic N) is 1. The normalized spacial score (nSPS) is 12.2. The van der Waals surface area contributed by atoms with E-state index in [1.165, 1.54) is 0 Å². The third-order valence-electron chi connectivity index (χ3n) is 3.56. The quantitative estimate of drug-likeness (QED) is 0.871. The molecule has 1 aromatic rings. The van der Waals surface area contributed by atoms with Gasteiger partial charge in [-0.2, -0.15) is 0 Å². The molecule has 124 valence electrons. The number of amides is 1. The Balaban J connectivity index is 2.81. The average Bonchev–Trinajstić information content (AvgIpc) is 2.46. The van der Waals surface area contributed by atoms with Gasteiger partial charge in [-0.1, -0.05) is 32.9 Å². The second-order valence-electron chi connectivity index (χ2n) is 6.16. The summed E-state index contributed by atoms with van der Waals surface area (Å²) in [6.07, 6.45) is 0. The molecule has 0 unspecified atom stereocenters. The first-order valence-corrected chi connectivity index (χ1v) is 8.98. The molecule has 0 bridgehead atoms. The Morgan fingerprint density at radius 3 is 2.00 bits per heavy atom. The molecular weight excluding hydrogens is 300 g/mol. The fraction of sp³-hybridized carbons (Fsp3) is 0.562. The van der Waals surface area contributed by atoms with Gasteiger partial charge in [-0.3, -0.25) is 4.79 Å². The van der Waals surface area contributed by atoms with Gasteiger partial charge in [0.1, 0.15) is 0 Å². The first-order chi connectivity index (χ1) is 10.1. The monoisotopic (exact) mass is 326 g/mol. The Morgan fingerprint density at radius 1 is 1.09 bits per heavy atom. The minimum absolute atomic E-state index is 0.0333. The largest absolute Gasteiger partial charge is 0.342 e. The van der Waals surface area contributed by atoms with Gasteiger partial charge in [0, 0.05) is 13.1 Å². The summed E-state index contributed by atoms with van der Waals surface area (Å²) in [6, 6.07) is 6.76. The van der Waals surface area contributed by atoms with Crippen LogP contribution in [0.4, 0.5) is 0 Å². The van der Waals surface area contributed by atoms with Gasteiger partial charge in [-0.15, -0.1) is 0 Å². The van der Waals surface area contributed by atoms with E-state index in [1.54, 1.807) is 29.2 Å². The Kier molecular flexibility index (Phi) is 6.14. The van der Waals surface area contributed by atoms with E-state index in [2.05, 4.69) is 25.5 Å². The predicted octanol–water partition coefficient (Wildman–Crippen LogP) is 2.13. The van der Waals surface area contributed by atoms with Gasteiger partial charge in [0.2, 0.25) is 15.9 Å². The Bertz CT molecular complexity index is 597. The summed E-state index contributed by atoms with van der Waals surface area (Å²) in [5.74, 6) is -0.222. The predicted molar refractivity (Wildman–Crippen MR) is 88.3 cm³/mol. The summed E-state index contributed by atoms with van der Waals surface area (Å²) >= 11 is 0. The first-order valence-electron chi connectivity index (χ1n) is 7.49. The van der Waals surface area contributed by atoms with Crippen LogP contribution in [0.15, 0.2) is 29.2 Å². The highest BCUT2D eigenvalue weighted by Crippen LogP contribution is 2.23. The van der Waals surface area contributed by atoms with Crippen molar-refractivity contribution in [1.29, 1.82) is 0 Å². The third kappa shape index (κ3) is 4.81. The van der Waals surface area contributed by atoms with Crippen LogP contribution in [-0.4, -0.2) is 38.9 Å². The number of nitrogens with one attached hydrogen (secondary N) is 1. The Morgan fingerprint density at radius 2 is 1.59 bits per heavy atom. The molecule has 0 spiro atoms. The standard InChI is InChI=1S/C16H26N2O3S/c1-6-18(7-2)15(19)12-17-22(20,21)14-10-8-13(9-11-14)16(3,4)5/h8-11,17H,6-7,12H2,1-5H3. The molecule has 22 heavy (non-hydrogen) atoms. The minimum Gasteiger partial charge on any atom is -0.342 e. The van der Waals surface area contributed by atoms with Crippen molar-refractivity contribution in [2.45, 2.75) is 44.9 Å². The molecule has 1 rings (SSSR count). The van der Waals surface area contributed by atoms with Crippen LogP contribution in [0, 0.1) is 0 Å². The van der Waals surface area contributed by atoms with Crippen LogP contribution < -0.4 is 4.72 Å². The highest BCUT2D eigenvalue weighted by atomic mass is 32.2. The molecule has 1 amide bonds. The van der Waals surface area contributed by atoms with Gasteiger partial charge < -0.3 is 4.90 Å². The number of likely N-dealkylation sites (N-methyl/N-ethyl adjacent to an activating group) is 1. The smallest absolute Gasteiger partial charge is 0.241 e. The van der Waals surface area contributed by atoms with E-state index in [4.69, 9.17) is 0 Å². The second kappa shape index (κ2) is 7.24. The molecule has 0 atom stereocenters. The van der Waals surface area contributed by atoms with E-state index in [9.17, 15) is 13.2 Å². The number of carbonyl (C=O) groups excluding carboxylic acids is 1. The number of sulfonamides is 1. The van der Waals surface area contributed by atoms with Crippen molar-refractivity contribution >= 4 is 15.9 Å². The molecule has 6 heteroatoms. The summed E-state index contributed by atoms with van der Waals surface area (Å²) in [5.41, 5.74) is 1.03. The van der Waals surface area contributed by atoms with E-state index in [0.29, 0.717) is 13.1 Å². The molecule has 5 nitrogen and oxygen atoms in total. The van der Waals surface area contributed by atoms with Crippen molar-refractivity contribution in [3.63, 3.8) is 0 Å². The van der Waals surface area contributed by atoms with Gasteiger partial charge in [0.05, 0.1) is 11.4 Å². The van der Waals surface area contributed by atoms with Crippen LogP contribution in [0.1, 0.15) is 40.2 Å². The molecule has 0 aliphatic heterocycles. The molecular formula is C16H26N2O3S. The van der Waals surface area contributed by atoms with E-state index in [1.807, 2.05) is 13.8 Å².